The molecule has 0 unspecified atom stereocenters. The molecule has 0 aliphatic carbocycles. The molecule has 0 fully saturated rings. The van der Waals surface area contributed by atoms with E-state index in [1.807, 2.05) is 6.92 Å². The first-order valence-electron chi connectivity index (χ1n) is 3.52. The Bertz CT molecular complexity index is 433. The minimum Gasteiger partial charge on any atom is -0.239 e. The normalized spacial score (nSPS) is 10.4. The molecule has 0 aromatic carbocycles. The summed E-state index contributed by atoms with van der Waals surface area (Å²) in [5.74, 6) is 0. The summed E-state index contributed by atoms with van der Waals surface area (Å²) < 4.78 is 0. The summed E-state index contributed by atoms with van der Waals surface area (Å²) in [7, 11) is 0. The van der Waals surface area contributed by atoms with E-state index >= 15 is 0 Å². The van der Waals surface area contributed by atoms with Crippen molar-refractivity contribution in [2.24, 2.45) is 0 Å². The van der Waals surface area contributed by atoms with Gasteiger partial charge in [0.25, 0.3) is 0 Å². The molecule has 0 aliphatic heterocycles. The number of hydrogen-bond donors (Lipinski definition) is 0. The Balaban J connectivity index is 2.82. The van der Waals surface area contributed by atoms with Crippen LogP contribution in [0.4, 0.5) is 0 Å². The third-order valence-electron chi connectivity index (χ3n) is 1.57. The van der Waals surface area contributed by atoms with Crippen LogP contribution in [0.25, 0.3) is 16.4 Å². The molecular formula is C8H7N3S. The van der Waals surface area contributed by atoms with E-state index in [0.29, 0.717) is 0 Å². The van der Waals surface area contributed by atoms with Gasteiger partial charge in [-0.25, -0.2) is 15.0 Å². The lowest BCUT2D eigenvalue weighted by atomic mass is 10.4. The van der Waals surface area contributed by atoms with Gasteiger partial charge >= 0.3 is 0 Å². The second-order valence-electron chi connectivity index (χ2n) is 2.37. The summed E-state index contributed by atoms with van der Waals surface area (Å²) >= 11 is 1.53. The van der Waals surface area contributed by atoms with Crippen LogP contribution in [0.2, 0.25) is 0 Å². The van der Waals surface area contributed by atoms with Crippen molar-refractivity contribution in [2.45, 2.75) is 6.92 Å². The Hall–Kier alpha value is -1.29. The minimum atomic E-state index is 0.886. The molecule has 2 rings (SSSR count). The van der Waals surface area contributed by atoms with E-state index in [4.69, 9.17) is 0 Å². The van der Waals surface area contributed by atoms with Crippen LogP contribution >= 0.6 is 11.3 Å². The first-order chi connectivity index (χ1) is 5.81. The maximum Gasteiger partial charge on any atom is 0.147 e. The quantitative estimate of drug-likeness (QED) is 0.669. The second-order valence-corrected chi connectivity index (χ2v) is 3.38. The van der Waals surface area contributed by atoms with Gasteiger partial charge in [0, 0.05) is 0 Å². The van der Waals surface area contributed by atoms with Crippen molar-refractivity contribution >= 4 is 27.8 Å². The molecule has 0 saturated carbocycles. The van der Waals surface area contributed by atoms with E-state index in [9.17, 15) is 0 Å². The van der Waals surface area contributed by atoms with Gasteiger partial charge in [-0.2, -0.15) is 0 Å². The van der Waals surface area contributed by atoms with Crippen LogP contribution < -0.4 is 0 Å². The molecule has 60 valence electrons. The second kappa shape index (κ2) is 2.64. The number of rotatable bonds is 1. The molecular weight excluding hydrogens is 170 g/mol. The van der Waals surface area contributed by atoms with Gasteiger partial charge < -0.3 is 0 Å². The average molecular weight is 177 g/mol. The first-order valence-corrected chi connectivity index (χ1v) is 4.33. The van der Waals surface area contributed by atoms with Crippen LogP contribution in [0.3, 0.4) is 0 Å². The Labute approximate surface area is 73.8 Å². The first kappa shape index (κ1) is 7.36. The number of hydrogen-bond acceptors (Lipinski definition) is 4. The number of aromatic nitrogens is 3. The van der Waals surface area contributed by atoms with E-state index < -0.39 is 0 Å². The highest BCUT2D eigenvalue weighted by atomic mass is 32.1. The molecule has 0 amide bonds. The van der Waals surface area contributed by atoms with Crippen LogP contribution in [-0.4, -0.2) is 15.0 Å². The molecule has 0 aliphatic rings. The van der Waals surface area contributed by atoms with E-state index in [-0.39, 0.29) is 0 Å². The lowest BCUT2D eigenvalue weighted by Crippen LogP contribution is -1.83. The van der Waals surface area contributed by atoms with Gasteiger partial charge in [-0.3, -0.25) is 0 Å². The van der Waals surface area contributed by atoms with Crippen molar-refractivity contribution in [3.63, 3.8) is 0 Å². The summed E-state index contributed by atoms with van der Waals surface area (Å²) in [6, 6.07) is 0. The molecule has 0 atom stereocenters. The van der Waals surface area contributed by atoms with Gasteiger partial charge in [-0.1, -0.05) is 17.9 Å². The molecule has 0 bridgehead atoms. The van der Waals surface area contributed by atoms with Crippen LogP contribution in [0.1, 0.15) is 10.7 Å². The van der Waals surface area contributed by atoms with Gasteiger partial charge in [-0.05, 0) is 13.0 Å². The lowest BCUT2D eigenvalue weighted by molar-refractivity contribution is 1.14. The zero-order chi connectivity index (χ0) is 8.55. The fraction of sp³-hybridized carbons (Fsp3) is 0.125. The number of aryl methyl sites for hydroxylation is 1. The van der Waals surface area contributed by atoms with Crippen LogP contribution in [0, 0.1) is 6.92 Å². The maximum absolute atomic E-state index is 4.31. The summed E-state index contributed by atoms with van der Waals surface area (Å²) in [5.41, 5.74) is 1.81. The highest BCUT2D eigenvalue weighted by molar-refractivity contribution is 7.18. The summed E-state index contributed by atoms with van der Waals surface area (Å²) in [6.07, 6.45) is 3.29. The van der Waals surface area contributed by atoms with Gasteiger partial charge in [0.05, 0.1) is 5.69 Å². The Morgan fingerprint density at radius 1 is 1.50 bits per heavy atom. The molecule has 2 heterocycles. The van der Waals surface area contributed by atoms with Gasteiger partial charge in [0.15, 0.2) is 0 Å². The summed E-state index contributed by atoms with van der Waals surface area (Å²) in [5, 5.41) is 0.897. The van der Waals surface area contributed by atoms with E-state index in [2.05, 4.69) is 21.5 Å². The monoisotopic (exact) mass is 177 g/mol. The van der Waals surface area contributed by atoms with E-state index in [1.165, 1.54) is 11.3 Å². The average Bonchev–Trinajstić information content (AvgIpc) is 2.49. The Morgan fingerprint density at radius 3 is 3.00 bits per heavy atom. The van der Waals surface area contributed by atoms with E-state index in [0.717, 1.165) is 21.0 Å². The topological polar surface area (TPSA) is 38.7 Å². The van der Waals surface area contributed by atoms with Crippen molar-refractivity contribution in [1.82, 2.24) is 15.0 Å². The molecule has 0 radical (unpaired) electrons. The third kappa shape index (κ3) is 1.00. The van der Waals surface area contributed by atoms with Gasteiger partial charge in [-0.15, -0.1) is 0 Å². The molecule has 2 aromatic rings. The van der Waals surface area contributed by atoms with Crippen LogP contribution in [0.5, 0.6) is 0 Å². The highest BCUT2D eigenvalue weighted by Crippen LogP contribution is 2.21. The fourth-order valence-electron chi connectivity index (χ4n) is 0.968. The third-order valence-corrected chi connectivity index (χ3v) is 2.53. The number of nitrogens with zero attached hydrogens (tertiary/aromatic N) is 3. The maximum atomic E-state index is 4.31. The fourth-order valence-corrected chi connectivity index (χ4v) is 1.78. The van der Waals surface area contributed by atoms with Crippen molar-refractivity contribution < 1.29 is 0 Å². The zero-order valence-corrected chi connectivity index (χ0v) is 7.43. The Morgan fingerprint density at radius 2 is 2.33 bits per heavy atom. The van der Waals surface area contributed by atoms with Crippen LogP contribution in [0.15, 0.2) is 12.9 Å². The minimum absolute atomic E-state index is 0.886. The Kier molecular flexibility index (Phi) is 1.62. The zero-order valence-electron chi connectivity index (χ0n) is 6.61. The molecule has 12 heavy (non-hydrogen) atoms. The van der Waals surface area contributed by atoms with Crippen molar-refractivity contribution in [2.75, 3.05) is 0 Å². The van der Waals surface area contributed by atoms with Crippen LogP contribution in [-0.2, 0) is 0 Å². The SMILES string of the molecule is C=Cc1nc2c(C)ncnc2s1. The molecule has 0 N–H and O–H groups in total. The smallest absolute Gasteiger partial charge is 0.147 e. The lowest BCUT2D eigenvalue weighted by Gasteiger charge is -1.88. The van der Waals surface area contributed by atoms with Crippen molar-refractivity contribution in [3.05, 3.63) is 23.6 Å². The van der Waals surface area contributed by atoms with Gasteiger partial charge in [0.2, 0.25) is 0 Å². The molecule has 3 nitrogen and oxygen atoms in total. The largest absolute Gasteiger partial charge is 0.239 e. The molecule has 2 aromatic heterocycles. The number of thiazole rings is 1. The van der Waals surface area contributed by atoms with Crippen molar-refractivity contribution in [3.8, 4) is 0 Å². The highest BCUT2D eigenvalue weighted by Gasteiger charge is 2.04. The predicted molar refractivity (Wildman–Crippen MR) is 50.0 cm³/mol. The van der Waals surface area contributed by atoms with Crippen molar-refractivity contribution in [1.29, 1.82) is 0 Å². The van der Waals surface area contributed by atoms with Gasteiger partial charge in [0.1, 0.15) is 21.7 Å². The summed E-state index contributed by atoms with van der Waals surface area (Å²) in [6.45, 7) is 5.58. The molecule has 0 saturated heterocycles. The molecule has 4 heteroatoms. The summed E-state index contributed by atoms with van der Waals surface area (Å²) in [4.78, 5) is 13.4. The number of fused-ring (bicyclic) bond motifs is 1. The predicted octanol–water partition coefficient (Wildman–Crippen LogP) is 2.04. The van der Waals surface area contributed by atoms with E-state index in [1.54, 1.807) is 12.4 Å². The standard InChI is InChI=1S/C8H7N3S/c1-3-6-11-7-5(2)9-4-10-8(7)12-6/h3-4H,1H2,2H3. The molecule has 0 spiro atoms.